The third-order valence-corrected chi connectivity index (χ3v) is 7.40. The Kier molecular flexibility index (Phi) is 11.2. The zero-order valence-corrected chi connectivity index (χ0v) is 21.0. The topological polar surface area (TPSA) is 107 Å². The quantitative estimate of drug-likeness (QED) is 0.321. The van der Waals surface area contributed by atoms with E-state index in [4.69, 9.17) is 0 Å². The maximum absolute atomic E-state index is 13.0. The van der Waals surface area contributed by atoms with Crippen LogP contribution >= 0.6 is 22.6 Å². The number of aliphatic hydroxyl groups excluding tert-OH is 3. The molecule has 1 aliphatic heterocycles. The molecule has 7 heteroatoms. The fourth-order valence-electron chi connectivity index (χ4n) is 3.87. The van der Waals surface area contributed by atoms with Gasteiger partial charge in [0.1, 0.15) is 5.78 Å². The van der Waals surface area contributed by atoms with Gasteiger partial charge in [-0.3, -0.25) is 9.59 Å². The molecular formula is C23H38INO5. The smallest absolute Gasteiger partial charge is 0.223 e. The van der Waals surface area contributed by atoms with Gasteiger partial charge in [-0.25, -0.2) is 0 Å². The molecule has 172 valence electrons. The van der Waals surface area contributed by atoms with Crippen molar-refractivity contribution in [3.05, 3.63) is 21.3 Å². The first-order valence-electron chi connectivity index (χ1n) is 10.7. The van der Waals surface area contributed by atoms with Crippen LogP contribution in [0, 0.1) is 17.3 Å². The molecule has 1 heterocycles. The first-order valence-corrected chi connectivity index (χ1v) is 12.0. The molecule has 1 amide bonds. The van der Waals surface area contributed by atoms with E-state index in [1.807, 2.05) is 24.0 Å². The number of Topliss-reactive ketones (excluding diaryl/α,β-unsaturated/α-hetero) is 1. The van der Waals surface area contributed by atoms with Crippen LogP contribution in [0.25, 0.3) is 0 Å². The van der Waals surface area contributed by atoms with E-state index in [9.17, 15) is 24.9 Å². The normalized spacial score (nSPS) is 34.8. The van der Waals surface area contributed by atoms with Crippen LogP contribution in [0.15, 0.2) is 21.3 Å². The van der Waals surface area contributed by atoms with Gasteiger partial charge in [-0.1, -0.05) is 56.4 Å². The molecule has 0 radical (unpaired) electrons. The lowest BCUT2D eigenvalue weighted by atomic mass is 9.73. The first-order chi connectivity index (χ1) is 13.9. The molecule has 0 unspecified atom stereocenters. The maximum Gasteiger partial charge on any atom is 0.223 e. The summed E-state index contributed by atoms with van der Waals surface area (Å²) >= 11 is 2.13. The van der Waals surface area contributed by atoms with Gasteiger partial charge in [0.2, 0.25) is 5.91 Å². The SMILES string of the molecule is C/C(=C\I)[C@@H]1C/C=C(/CO)CCC[C@H](C)[C@H](O)[C@@H](C)C(=O)C(C)(C)[C@@H](O)CC(=O)N1. The Balaban J connectivity index is 3.22. The third kappa shape index (κ3) is 7.43. The summed E-state index contributed by atoms with van der Waals surface area (Å²) in [4.78, 5) is 25.7. The number of amides is 1. The number of halogens is 1. The second-order valence-electron chi connectivity index (χ2n) is 9.18. The number of ketones is 1. The molecular weight excluding hydrogens is 497 g/mol. The molecule has 5 atom stereocenters. The number of nitrogens with one attached hydrogen (secondary N) is 1. The van der Waals surface area contributed by atoms with E-state index >= 15 is 0 Å². The predicted molar refractivity (Wildman–Crippen MR) is 127 cm³/mol. The highest BCUT2D eigenvalue weighted by molar-refractivity contribution is 14.1. The standard InChI is InChI=1S/C23H38INO5/c1-14-7-6-8-17(13-26)9-10-18(15(2)12-24)25-20(28)11-19(27)23(4,5)22(30)16(3)21(14)29/h9,12,14,16,18-19,21,26-27,29H,6-8,10-11,13H2,1-5H3,(H,25,28)/b15-12+,17-9+/t14-,16+,18-,19-,21-/m0/s1. The van der Waals surface area contributed by atoms with E-state index in [0.717, 1.165) is 24.0 Å². The van der Waals surface area contributed by atoms with Gasteiger partial charge in [-0.2, -0.15) is 0 Å². The van der Waals surface area contributed by atoms with Crippen molar-refractivity contribution >= 4 is 34.3 Å². The number of hydrogen-bond donors (Lipinski definition) is 4. The third-order valence-electron chi connectivity index (χ3n) is 6.42. The Labute approximate surface area is 194 Å². The molecule has 6 nitrogen and oxygen atoms in total. The van der Waals surface area contributed by atoms with E-state index in [2.05, 4.69) is 27.9 Å². The van der Waals surface area contributed by atoms with E-state index in [1.54, 1.807) is 20.8 Å². The van der Waals surface area contributed by atoms with Crippen LogP contribution in [0.3, 0.4) is 0 Å². The van der Waals surface area contributed by atoms with E-state index in [-0.39, 0.29) is 36.7 Å². The Morgan fingerprint density at radius 3 is 2.50 bits per heavy atom. The van der Waals surface area contributed by atoms with Gasteiger partial charge in [0.25, 0.3) is 0 Å². The highest BCUT2D eigenvalue weighted by Crippen LogP contribution is 2.32. The van der Waals surface area contributed by atoms with Crippen LogP contribution in [0.4, 0.5) is 0 Å². The van der Waals surface area contributed by atoms with Crippen molar-refractivity contribution in [2.75, 3.05) is 6.61 Å². The van der Waals surface area contributed by atoms with Crippen molar-refractivity contribution in [1.82, 2.24) is 5.32 Å². The zero-order chi connectivity index (χ0) is 23.1. The average molecular weight is 535 g/mol. The summed E-state index contributed by atoms with van der Waals surface area (Å²) < 4.78 is 1.90. The summed E-state index contributed by atoms with van der Waals surface area (Å²) in [6, 6.07) is -0.241. The van der Waals surface area contributed by atoms with Gasteiger partial charge in [0.05, 0.1) is 36.7 Å². The van der Waals surface area contributed by atoms with Crippen molar-refractivity contribution in [1.29, 1.82) is 0 Å². The van der Waals surface area contributed by atoms with Gasteiger partial charge >= 0.3 is 0 Å². The molecule has 0 aromatic heterocycles. The lowest BCUT2D eigenvalue weighted by molar-refractivity contribution is -0.143. The second-order valence-corrected chi connectivity index (χ2v) is 9.81. The summed E-state index contributed by atoms with van der Waals surface area (Å²) in [5.41, 5.74) is 0.727. The Morgan fingerprint density at radius 2 is 1.93 bits per heavy atom. The van der Waals surface area contributed by atoms with Crippen LogP contribution in [-0.2, 0) is 9.59 Å². The number of aliphatic hydroxyl groups is 3. The largest absolute Gasteiger partial charge is 0.392 e. The van der Waals surface area contributed by atoms with Crippen molar-refractivity contribution in [3.63, 3.8) is 0 Å². The van der Waals surface area contributed by atoms with Crippen molar-refractivity contribution in [2.45, 2.75) is 85.0 Å². The zero-order valence-electron chi connectivity index (χ0n) is 18.8. The van der Waals surface area contributed by atoms with Crippen LogP contribution in [0.2, 0.25) is 0 Å². The minimum Gasteiger partial charge on any atom is -0.392 e. The maximum atomic E-state index is 13.0. The van der Waals surface area contributed by atoms with Crippen LogP contribution < -0.4 is 5.32 Å². The average Bonchev–Trinajstić information content (AvgIpc) is 2.71. The molecule has 0 bridgehead atoms. The number of hydrogen-bond acceptors (Lipinski definition) is 5. The van der Waals surface area contributed by atoms with Gasteiger partial charge in [-0.15, -0.1) is 0 Å². The Hall–Kier alpha value is -0.770. The van der Waals surface area contributed by atoms with Crippen molar-refractivity contribution < 1.29 is 24.9 Å². The lowest BCUT2D eigenvalue weighted by Crippen LogP contribution is -2.47. The van der Waals surface area contributed by atoms with Crippen LogP contribution in [0.1, 0.15) is 66.7 Å². The molecule has 0 aromatic rings. The molecule has 0 spiro atoms. The highest BCUT2D eigenvalue weighted by Gasteiger charge is 2.42. The molecule has 0 saturated heterocycles. The second kappa shape index (κ2) is 12.3. The molecule has 0 saturated carbocycles. The summed E-state index contributed by atoms with van der Waals surface area (Å²) in [6.45, 7) is 8.75. The first kappa shape index (κ1) is 27.3. The molecule has 1 rings (SSSR count). The van der Waals surface area contributed by atoms with Crippen LogP contribution in [-0.4, -0.2) is 51.9 Å². The summed E-state index contributed by atoms with van der Waals surface area (Å²) in [7, 11) is 0. The molecule has 4 N–H and O–H groups in total. The van der Waals surface area contributed by atoms with Crippen molar-refractivity contribution in [2.24, 2.45) is 17.3 Å². The van der Waals surface area contributed by atoms with Crippen LogP contribution in [0.5, 0.6) is 0 Å². The summed E-state index contributed by atoms with van der Waals surface area (Å²) in [5, 5.41) is 34.0. The van der Waals surface area contributed by atoms with Gasteiger partial charge in [0.15, 0.2) is 0 Å². The van der Waals surface area contributed by atoms with E-state index in [0.29, 0.717) is 12.8 Å². The fraction of sp³-hybridized carbons (Fsp3) is 0.739. The highest BCUT2D eigenvalue weighted by atomic mass is 127. The molecule has 1 aliphatic rings. The van der Waals surface area contributed by atoms with E-state index in [1.165, 1.54) is 0 Å². The van der Waals surface area contributed by atoms with Gasteiger partial charge in [0, 0.05) is 5.92 Å². The summed E-state index contributed by atoms with van der Waals surface area (Å²) in [5.74, 6) is -1.32. The Morgan fingerprint density at radius 1 is 1.30 bits per heavy atom. The summed E-state index contributed by atoms with van der Waals surface area (Å²) in [6.07, 6.45) is 2.55. The predicted octanol–water partition coefficient (Wildman–Crippen LogP) is 3.28. The van der Waals surface area contributed by atoms with Gasteiger partial charge in [-0.05, 0) is 53.8 Å². The van der Waals surface area contributed by atoms with E-state index < -0.39 is 23.5 Å². The Bertz CT molecular complexity index is 658. The molecule has 0 fully saturated rings. The minimum atomic E-state index is -1.16. The minimum absolute atomic E-state index is 0.0492. The number of carbonyl (C=O) groups excluding carboxylic acids is 2. The fourth-order valence-corrected chi connectivity index (χ4v) is 4.30. The number of rotatable bonds is 2. The monoisotopic (exact) mass is 535 g/mol. The number of carbonyl (C=O) groups is 2. The van der Waals surface area contributed by atoms with Crippen molar-refractivity contribution in [3.8, 4) is 0 Å². The van der Waals surface area contributed by atoms with Gasteiger partial charge < -0.3 is 20.6 Å². The lowest BCUT2D eigenvalue weighted by Gasteiger charge is -2.34. The molecule has 0 aliphatic carbocycles. The molecule has 30 heavy (non-hydrogen) atoms. The molecule has 0 aromatic carbocycles.